The van der Waals surface area contributed by atoms with E-state index < -0.39 is 36.9 Å². The molecule has 0 bridgehead atoms. The first-order valence-electron chi connectivity index (χ1n) is 14.2. The van der Waals surface area contributed by atoms with Crippen molar-refractivity contribution in [2.75, 3.05) is 11.9 Å². The number of nitrogens with zero attached hydrogens (tertiary/aromatic N) is 6. The van der Waals surface area contributed by atoms with Crippen molar-refractivity contribution in [1.29, 1.82) is 5.26 Å². The molecule has 4 aromatic rings. The van der Waals surface area contributed by atoms with Crippen LogP contribution in [0, 0.1) is 11.3 Å². The molecule has 232 valence electrons. The van der Waals surface area contributed by atoms with E-state index in [0.717, 1.165) is 10.2 Å². The van der Waals surface area contributed by atoms with E-state index >= 15 is 0 Å². The number of nitriles is 1. The summed E-state index contributed by atoms with van der Waals surface area (Å²) in [7, 11) is 0. The average Bonchev–Trinajstić information content (AvgIpc) is 3.61. The Morgan fingerprint density at radius 3 is 2.57 bits per heavy atom. The molecular formula is C30H32F4N8O2. The highest BCUT2D eigenvalue weighted by atomic mass is 19.4. The predicted octanol–water partition coefficient (Wildman–Crippen LogP) is 5.00. The Balaban J connectivity index is 1.36. The van der Waals surface area contributed by atoms with Crippen LogP contribution in [0.3, 0.4) is 0 Å². The highest BCUT2D eigenvalue weighted by molar-refractivity contribution is 6.00. The quantitative estimate of drug-likeness (QED) is 0.227. The lowest BCUT2D eigenvalue weighted by molar-refractivity contribution is -0.142. The molecule has 0 saturated heterocycles. The van der Waals surface area contributed by atoms with E-state index in [1.54, 1.807) is 28.8 Å². The van der Waals surface area contributed by atoms with Gasteiger partial charge in [0.2, 0.25) is 0 Å². The van der Waals surface area contributed by atoms with Gasteiger partial charge in [0.05, 0.1) is 58.3 Å². The van der Waals surface area contributed by atoms with Gasteiger partial charge in [-0.1, -0.05) is 0 Å². The van der Waals surface area contributed by atoms with Crippen LogP contribution in [0.25, 0.3) is 16.9 Å². The zero-order valence-electron chi connectivity index (χ0n) is 24.1. The van der Waals surface area contributed by atoms with Crippen LogP contribution in [-0.2, 0) is 6.54 Å². The first kappa shape index (κ1) is 30.9. The van der Waals surface area contributed by atoms with Gasteiger partial charge in [-0.2, -0.15) is 28.6 Å². The molecule has 1 amide bonds. The van der Waals surface area contributed by atoms with Crippen molar-refractivity contribution in [3.8, 4) is 17.5 Å². The van der Waals surface area contributed by atoms with Crippen LogP contribution in [0.5, 0.6) is 0 Å². The molecule has 0 aliphatic heterocycles. The van der Waals surface area contributed by atoms with Gasteiger partial charge in [0.15, 0.2) is 0 Å². The number of amides is 1. The van der Waals surface area contributed by atoms with Crippen molar-refractivity contribution < 1.29 is 27.5 Å². The van der Waals surface area contributed by atoms with E-state index in [9.17, 15) is 32.7 Å². The number of aromatic nitrogens is 5. The molecule has 1 unspecified atom stereocenters. The van der Waals surface area contributed by atoms with Crippen molar-refractivity contribution >= 4 is 17.1 Å². The first-order chi connectivity index (χ1) is 20.8. The average molecular weight is 613 g/mol. The second-order valence-corrected chi connectivity index (χ2v) is 11.6. The summed E-state index contributed by atoms with van der Waals surface area (Å²) < 4.78 is 55.2. The van der Waals surface area contributed by atoms with E-state index in [1.807, 2.05) is 0 Å². The number of hydrogen-bond donors (Lipinski definition) is 3. The summed E-state index contributed by atoms with van der Waals surface area (Å²) in [5.74, 6) is -0.508. The first-order valence-corrected chi connectivity index (χ1v) is 14.2. The van der Waals surface area contributed by atoms with Gasteiger partial charge in [0, 0.05) is 18.4 Å². The number of alkyl halides is 4. The third-order valence-corrected chi connectivity index (χ3v) is 7.80. The van der Waals surface area contributed by atoms with E-state index in [0.29, 0.717) is 53.8 Å². The molecule has 1 fully saturated rings. The molecule has 0 radical (unpaired) electrons. The van der Waals surface area contributed by atoms with Crippen molar-refractivity contribution in [1.82, 2.24) is 29.7 Å². The summed E-state index contributed by atoms with van der Waals surface area (Å²) in [5.41, 5.74) is 2.02. The van der Waals surface area contributed by atoms with Crippen LogP contribution in [0.4, 0.5) is 23.2 Å². The predicted molar refractivity (Wildman–Crippen MR) is 154 cm³/mol. The maximum Gasteiger partial charge on any atom is 0.408 e. The number of nitrogens with one attached hydrogen (secondary N) is 2. The minimum atomic E-state index is -4.35. The molecule has 3 N–H and O–H groups in total. The summed E-state index contributed by atoms with van der Waals surface area (Å²) in [5, 5.41) is 33.3. The van der Waals surface area contributed by atoms with Crippen LogP contribution >= 0.6 is 0 Å². The normalized spacial score (nSPS) is 18.1. The SMILES string of the molecule is CC(C)(O)C(F)CNC(=O)c1cnc(-c2ccc3cc(C#N)cnn23)cc1NC1CCC(c2cnn(CC(F)(F)F)c2)CC1. The Labute approximate surface area is 250 Å². The lowest BCUT2D eigenvalue weighted by Crippen LogP contribution is -2.42. The molecule has 0 aromatic carbocycles. The minimum absolute atomic E-state index is 0.0519. The number of carbonyl (C=O) groups excluding carboxylic acids is 1. The molecule has 1 aliphatic carbocycles. The Bertz CT molecular complexity index is 1680. The number of pyridine rings is 1. The fourth-order valence-corrected chi connectivity index (χ4v) is 5.33. The van der Waals surface area contributed by atoms with Crippen LogP contribution in [0.15, 0.2) is 49.1 Å². The lowest BCUT2D eigenvalue weighted by Gasteiger charge is -2.30. The molecule has 4 heterocycles. The second-order valence-electron chi connectivity index (χ2n) is 11.6. The maximum atomic E-state index is 14.4. The molecule has 4 aromatic heterocycles. The highest BCUT2D eigenvalue weighted by Crippen LogP contribution is 2.35. The standard InChI is InChI=1S/C30H32F4N8O2/c1-29(2,44)27(31)15-37-28(43)23-14-36-25(26-8-7-22-9-18(11-35)12-39-42(22)26)10-24(23)40-21-5-3-19(4-6-21)20-13-38-41(16-20)17-30(32,33)34/h7-10,12-14,16,19,21,27,44H,3-6,15,17H2,1-2H3,(H,36,40)(H,37,43). The minimum Gasteiger partial charge on any atom is -0.387 e. The van der Waals surface area contributed by atoms with Crippen LogP contribution < -0.4 is 10.6 Å². The van der Waals surface area contributed by atoms with Crippen molar-refractivity contribution in [3.63, 3.8) is 0 Å². The second kappa shape index (κ2) is 12.2. The van der Waals surface area contributed by atoms with Crippen molar-refractivity contribution in [2.24, 2.45) is 0 Å². The number of carbonyl (C=O) groups is 1. The molecule has 1 saturated carbocycles. The van der Waals surface area contributed by atoms with E-state index in [-0.39, 0.29) is 17.5 Å². The monoisotopic (exact) mass is 612 g/mol. The molecule has 0 spiro atoms. The van der Waals surface area contributed by atoms with E-state index in [4.69, 9.17) is 0 Å². The third kappa shape index (κ3) is 7.16. The van der Waals surface area contributed by atoms with Crippen LogP contribution in [-0.4, -0.2) is 65.9 Å². The van der Waals surface area contributed by atoms with E-state index in [2.05, 4.69) is 31.9 Å². The van der Waals surface area contributed by atoms with E-state index in [1.165, 1.54) is 38.6 Å². The van der Waals surface area contributed by atoms with Gasteiger partial charge in [-0.05, 0) is 75.3 Å². The van der Waals surface area contributed by atoms with Crippen LogP contribution in [0.1, 0.15) is 66.9 Å². The Kier molecular flexibility index (Phi) is 8.60. The number of rotatable bonds is 9. The number of fused-ring (bicyclic) bond motifs is 1. The lowest BCUT2D eigenvalue weighted by atomic mass is 9.83. The number of anilines is 1. The zero-order valence-corrected chi connectivity index (χ0v) is 24.1. The number of halogens is 4. The van der Waals surface area contributed by atoms with Crippen molar-refractivity contribution in [2.45, 2.75) is 76.0 Å². The Morgan fingerprint density at radius 2 is 1.89 bits per heavy atom. The van der Waals surface area contributed by atoms with Gasteiger partial charge in [0.1, 0.15) is 18.8 Å². The fraction of sp³-hybridized carbons (Fsp3) is 0.433. The van der Waals surface area contributed by atoms with Crippen LogP contribution in [0.2, 0.25) is 0 Å². The summed E-state index contributed by atoms with van der Waals surface area (Å²) >= 11 is 0. The Hall–Kier alpha value is -4.51. The molecule has 1 atom stereocenters. The third-order valence-electron chi connectivity index (χ3n) is 7.80. The van der Waals surface area contributed by atoms with Gasteiger partial charge in [0.25, 0.3) is 5.91 Å². The molecule has 1 aliphatic rings. The molecule has 10 nitrogen and oxygen atoms in total. The Morgan fingerprint density at radius 1 is 1.14 bits per heavy atom. The molecule has 14 heteroatoms. The number of hydrogen-bond acceptors (Lipinski definition) is 7. The van der Waals surface area contributed by atoms with Gasteiger partial charge < -0.3 is 15.7 Å². The largest absolute Gasteiger partial charge is 0.408 e. The van der Waals surface area contributed by atoms with Crippen molar-refractivity contribution in [3.05, 3.63) is 65.7 Å². The summed E-state index contributed by atoms with van der Waals surface area (Å²) in [6, 6.07) is 9.02. The highest BCUT2D eigenvalue weighted by Gasteiger charge is 2.30. The van der Waals surface area contributed by atoms with Gasteiger partial charge >= 0.3 is 6.18 Å². The topological polar surface area (TPSA) is 133 Å². The summed E-state index contributed by atoms with van der Waals surface area (Å²) in [6.45, 7) is 1.11. The summed E-state index contributed by atoms with van der Waals surface area (Å²) in [6.07, 6.45) is 2.53. The van der Waals surface area contributed by atoms with Gasteiger partial charge in [-0.25, -0.2) is 8.91 Å². The molecular weight excluding hydrogens is 580 g/mol. The fourth-order valence-electron chi connectivity index (χ4n) is 5.33. The zero-order chi connectivity index (χ0) is 31.6. The smallest absolute Gasteiger partial charge is 0.387 e. The molecule has 44 heavy (non-hydrogen) atoms. The number of aliphatic hydroxyl groups is 1. The maximum absolute atomic E-state index is 14.4. The molecule has 5 rings (SSSR count). The summed E-state index contributed by atoms with van der Waals surface area (Å²) in [4.78, 5) is 17.7. The van der Waals surface area contributed by atoms with Gasteiger partial charge in [-0.3, -0.25) is 14.5 Å². The van der Waals surface area contributed by atoms with Gasteiger partial charge in [-0.15, -0.1) is 0 Å².